The van der Waals surface area contributed by atoms with Gasteiger partial charge in [-0.15, -0.1) is 5.10 Å². The summed E-state index contributed by atoms with van der Waals surface area (Å²) in [7, 11) is 0. The summed E-state index contributed by atoms with van der Waals surface area (Å²) in [6.07, 6.45) is 2.16. The number of phenolic OH excluding ortho intramolecular Hbond substituents is 2. The lowest BCUT2D eigenvalue weighted by Gasteiger charge is -2.32. The lowest BCUT2D eigenvalue weighted by atomic mass is 9.85. The van der Waals surface area contributed by atoms with Gasteiger partial charge in [0.05, 0.1) is 30.8 Å². The normalized spacial score (nSPS) is 24.0. The zero-order valence-corrected chi connectivity index (χ0v) is 64.3. The molecule has 2 aliphatic rings. The van der Waals surface area contributed by atoms with Crippen molar-refractivity contribution in [3.8, 4) is 11.5 Å². The number of aliphatic carboxylic acids is 1. The average molecular weight is 1570 g/mol. The van der Waals surface area contributed by atoms with Gasteiger partial charge in [0.1, 0.15) is 78.0 Å². The lowest BCUT2D eigenvalue weighted by Crippen LogP contribution is -2.62. The Bertz CT molecular complexity index is 4260. The number of H-pyrrole nitrogens is 1. The molecule has 0 aliphatic carbocycles. The van der Waals surface area contributed by atoms with Crippen LogP contribution in [0.25, 0.3) is 5.57 Å². The van der Waals surface area contributed by atoms with Crippen molar-refractivity contribution in [3.05, 3.63) is 119 Å². The highest BCUT2D eigenvalue weighted by Gasteiger charge is 2.40. The third-order valence-electron chi connectivity index (χ3n) is 19.0. The van der Waals surface area contributed by atoms with E-state index in [4.69, 9.17) is 5.73 Å². The van der Waals surface area contributed by atoms with E-state index in [9.17, 15) is 83.1 Å². The van der Waals surface area contributed by atoms with Crippen molar-refractivity contribution in [1.82, 2.24) is 88.4 Å². The Morgan fingerprint density at radius 2 is 1.05 bits per heavy atom. The number of carboxylic acids is 1. The monoisotopic (exact) mass is 1570 g/mol. The summed E-state index contributed by atoms with van der Waals surface area (Å²) in [5.74, 6) is -13.1. The number of carbonyl (C=O) groups is 13. The number of carbonyl (C=O) groups excluding carboxylic acids is 12. The second kappa shape index (κ2) is 42.6. The minimum atomic E-state index is -1.90. The van der Waals surface area contributed by atoms with Crippen molar-refractivity contribution in [1.29, 1.82) is 0 Å². The Labute approximate surface area is 651 Å². The number of phenols is 2. The number of aromatic hydroxyl groups is 2. The maximum Gasteiger partial charge on any atom is 0.303 e. The van der Waals surface area contributed by atoms with Crippen molar-refractivity contribution < 1.29 is 87.9 Å². The van der Waals surface area contributed by atoms with E-state index in [1.165, 1.54) is 81.1 Å². The molecule has 612 valence electrons. The maximum absolute atomic E-state index is 15.0. The molecule has 37 nitrogen and oxygen atoms in total. The summed E-state index contributed by atoms with van der Waals surface area (Å²) >= 11 is 0. The summed E-state index contributed by atoms with van der Waals surface area (Å²) in [4.78, 5) is 201. The number of carboxylic acid groups (broad SMARTS) is 1. The van der Waals surface area contributed by atoms with Crippen LogP contribution in [0.3, 0.4) is 0 Å². The van der Waals surface area contributed by atoms with Gasteiger partial charge in [-0.25, -0.2) is 9.97 Å². The topological polar surface area (TPSA) is 566 Å². The van der Waals surface area contributed by atoms with Gasteiger partial charge in [-0.2, -0.15) is 0 Å². The van der Waals surface area contributed by atoms with Crippen LogP contribution in [0.2, 0.25) is 0 Å². The number of benzene rings is 2. The predicted molar refractivity (Wildman–Crippen MR) is 405 cm³/mol. The Kier molecular flexibility index (Phi) is 33.3. The van der Waals surface area contributed by atoms with Crippen LogP contribution in [0.5, 0.6) is 11.5 Å². The van der Waals surface area contributed by atoms with Crippen LogP contribution in [0.1, 0.15) is 154 Å². The molecular formula is C76H105N19O18. The fraction of sp³-hybridized carbons (Fsp3) is 0.526. The smallest absolute Gasteiger partial charge is 0.303 e. The van der Waals surface area contributed by atoms with E-state index >= 15 is 4.79 Å². The number of pyridine rings is 1. The number of rotatable bonds is 18. The Balaban J connectivity index is 1.24. The molecule has 2 aromatic carbocycles. The fourth-order valence-corrected chi connectivity index (χ4v) is 12.8. The van der Waals surface area contributed by atoms with E-state index in [-0.39, 0.29) is 95.1 Å². The number of hydrogen-bond donors (Lipinski definition) is 18. The number of aromatic nitrogens is 6. The van der Waals surface area contributed by atoms with E-state index in [2.05, 4.69) is 88.7 Å². The van der Waals surface area contributed by atoms with Gasteiger partial charge in [-0.3, -0.25) is 72.0 Å². The van der Waals surface area contributed by atoms with E-state index in [1.807, 2.05) is 0 Å². The number of aromatic amines is 1. The Hall–Kier alpha value is -11.8. The first-order chi connectivity index (χ1) is 53.7. The second-order valence-corrected chi connectivity index (χ2v) is 29.4. The van der Waals surface area contributed by atoms with Gasteiger partial charge in [-0.05, 0) is 124 Å². The SMILES string of the molecule is CCC[C@@H]1NC(=O)[C@H](CC2=c3cccnc3=NC2)NC(=O)[C@H]([C@@H](C)O)NC(=O)[C@H](Cc2cnc[nH]2)NC(=O)[C@H](Cc2ccc(O)cc2)NC(=O)[C@H](C(C)(C)C)NC(=O)CCCCCn2cc(nn2)CCC[C@@H](C(N)=O)NC(=O)[C@H]([C@@H](C)O)NC(=O)[C@H](CCC)NC(=O)[C@H](Cc2ccc(O)cc2)NC(=O)[C@H](CCC(=O)O)NC1=O. The number of amides is 12. The molecule has 0 spiro atoms. The second-order valence-electron chi connectivity index (χ2n) is 29.4. The molecule has 0 fully saturated rings. The van der Waals surface area contributed by atoms with Gasteiger partial charge < -0.3 is 94.7 Å². The Morgan fingerprint density at radius 1 is 0.566 bits per heavy atom. The minimum absolute atomic E-state index is 0.00539. The first-order valence-corrected chi connectivity index (χ1v) is 37.8. The van der Waals surface area contributed by atoms with Gasteiger partial charge in [0.25, 0.3) is 0 Å². The molecule has 0 saturated heterocycles. The first-order valence-electron chi connectivity index (χ1n) is 37.8. The van der Waals surface area contributed by atoms with Crippen LogP contribution < -0.4 is 74.9 Å². The summed E-state index contributed by atoms with van der Waals surface area (Å²) in [5, 5.41) is 90.3. The standard InChI is InChI=1S/C76H105N19O18/c1-8-15-52-66(104)85-54(29-30-60(101)102)67(105)86-55(33-43-21-25-48(98)26-22-43)69(107)84-53(16-9-2)68(106)91-61(41(3)96)73(111)82-51(64(77)103)19-13-17-46-39-95(94-93-46)32-12-10-11-20-59(100)90-63(76(5,6)7)75(113)89-56(34-44-23-27-49(99)28-24-44)70(108)87-58(36-47-38-78-40-81-47)72(110)92-62(42(4)97)74(112)88-57(71(109)83-52)35-45-37-80-65-50(45)18-14-31-79-65/h14,18,21-28,31,38-42,51-58,61-63,96-99H,8-13,15-17,19-20,29-30,32-37H2,1-7H3,(H2,77,103)(H,78,81)(H,82,111)(H,83,109)(H,84,107)(H,85,104)(H,86,105)(H,87,108)(H,88,112)(H,89,113)(H,90,100)(H,91,106)(H,92,110)(H,101,102)/t41-,42-,51+,52+,53+,54+,55+,56+,57+,58+,61+,62+,63-/m1/s1. The van der Waals surface area contributed by atoms with Crippen molar-refractivity contribution in [2.45, 2.75) is 243 Å². The molecule has 0 saturated carbocycles. The third kappa shape index (κ3) is 27.6. The largest absolute Gasteiger partial charge is 0.508 e. The number of nitrogens with zero attached hydrogens (tertiary/aromatic N) is 6. The number of primary amides is 1. The molecule has 0 radical (unpaired) electrons. The number of hydrogen-bond acceptors (Lipinski definition) is 22. The average Bonchev–Trinajstić information content (AvgIpc) is 1.71. The highest BCUT2D eigenvalue weighted by Crippen LogP contribution is 2.22. The van der Waals surface area contributed by atoms with Crippen LogP contribution in [-0.4, -0.2) is 218 Å². The van der Waals surface area contributed by atoms with Gasteiger partial charge in [0.2, 0.25) is 70.9 Å². The van der Waals surface area contributed by atoms with Crippen molar-refractivity contribution in [2.24, 2.45) is 16.1 Å². The number of aliphatic hydroxyl groups is 2. The number of fused-ring (bicyclic) bond motifs is 3. The summed E-state index contributed by atoms with van der Waals surface area (Å²) < 4.78 is 1.59. The molecule has 0 unspecified atom stereocenters. The van der Waals surface area contributed by atoms with Gasteiger partial charge in [0.15, 0.2) is 5.49 Å². The molecular weight excluding hydrogens is 1470 g/mol. The maximum atomic E-state index is 15.0. The van der Waals surface area contributed by atoms with Crippen LogP contribution in [0.4, 0.5) is 0 Å². The molecule has 113 heavy (non-hydrogen) atoms. The van der Waals surface area contributed by atoms with Crippen LogP contribution in [0.15, 0.2) is 90.6 Å². The highest BCUT2D eigenvalue weighted by atomic mass is 16.4. The molecule has 5 aromatic rings. The Morgan fingerprint density at radius 3 is 1.57 bits per heavy atom. The van der Waals surface area contributed by atoms with Crippen LogP contribution >= 0.6 is 0 Å². The van der Waals surface area contributed by atoms with Crippen LogP contribution in [-0.2, 0) is 94.6 Å². The predicted octanol–water partition coefficient (Wildman–Crippen LogP) is -2.60. The molecule has 19 N–H and O–H groups in total. The molecule has 3 aromatic heterocycles. The number of imidazole rings is 1. The van der Waals surface area contributed by atoms with Gasteiger partial charge in [0, 0.05) is 74.6 Å². The van der Waals surface area contributed by atoms with Gasteiger partial charge >= 0.3 is 5.97 Å². The molecule has 12 amide bonds. The summed E-state index contributed by atoms with van der Waals surface area (Å²) in [6, 6.07) is -2.84. The van der Waals surface area contributed by atoms with Crippen molar-refractivity contribution in [3.63, 3.8) is 0 Å². The summed E-state index contributed by atoms with van der Waals surface area (Å²) in [5.41, 5.74) is 7.22. The first kappa shape index (κ1) is 88.5. The van der Waals surface area contributed by atoms with Crippen molar-refractivity contribution >= 4 is 82.4 Å². The zero-order chi connectivity index (χ0) is 82.6. The number of aryl methyl sites for hydroxylation is 2. The quantitative estimate of drug-likeness (QED) is 0.0428. The summed E-state index contributed by atoms with van der Waals surface area (Å²) in [6.45, 7) is 11.2. The van der Waals surface area contributed by atoms with Crippen LogP contribution in [0, 0.1) is 5.41 Å². The number of aliphatic hydroxyl groups excluding tert-OH is 2. The number of nitrogens with two attached hydrogens (primary N) is 1. The van der Waals surface area contributed by atoms with Gasteiger partial charge in [-0.1, -0.05) is 83.4 Å². The fourth-order valence-electron chi connectivity index (χ4n) is 12.8. The molecule has 7 rings (SSSR count). The molecule has 2 aliphatic heterocycles. The van der Waals surface area contributed by atoms with E-state index in [0.717, 1.165) is 0 Å². The van der Waals surface area contributed by atoms with E-state index < -0.39 is 174 Å². The third-order valence-corrected chi connectivity index (χ3v) is 19.0. The zero-order valence-electron chi connectivity index (χ0n) is 64.3. The highest BCUT2D eigenvalue weighted by molar-refractivity contribution is 6.00. The molecule has 37 heteroatoms. The van der Waals surface area contributed by atoms with Crippen molar-refractivity contribution in [2.75, 3.05) is 6.54 Å². The molecule has 13 atom stereocenters. The lowest BCUT2D eigenvalue weighted by molar-refractivity contribution is -0.139. The minimum Gasteiger partial charge on any atom is -0.508 e. The van der Waals surface area contributed by atoms with E-state index in [1.54, 1.807) is 57.6 Å². The number of nitrogens with one attached hydrogen (secondary N) is 12. The van der Waals surface area contributed by atoms with E-state index in [0.29, 0.717) is 64.6 Å². The molecule has 2 bridgehead atoms. The molecule has 5 heterocycles.